The van der Waals surface area contributed by atoms with Gasteiger partial charge in [0, 0.05) is 66.1 Å². The molecule has 0 radical (unpaired) electrons. The standard InChI is InChI=1S/C23H28ClN5O2/c24-18-3-1-2-16(12-18)4-7-21(30)28-10-8-23(9-11-28)14-29(15-23)22(31)17-5-6-19-20(13-17)26-27-25-19/h1-3,12,17,19-20,25-27H,5-6,8-11,13-15H2. The van der Waals surface area contributed by atoms with Gasteiger partial charge in [-0.05, 0) is 50.3 Å². The van der Waals surface area contributed by atoms with Crippen molar-refractivity contribution in [2.24, 2.45) is 11.3 Å². The Morgan fingerprint density at radius 3 is 2.61 bits per heavy atom. The van der Waals surface area contributed by atoms with Crippen LogP contribution < -0.4 is 16.4 Å². The molecule has 1 aromatic rings. The minimum atomic E-state index is -0.134. The van der Waals surface area contributed by atoms with Crippen molar-refractivity contribution in [3.05, 3.63) is 34.9 Å². The lowest BCUT2D eigenvalue weighted by Crippen LogP contribution is -2.63. The number of carbonyl (C=O) groups excluding carboxylic acids is 2. The second kappa shape index (κ2) is 8.44. The number of likely N-dealkylation sites (tertiary alicyclic amines) is 2. The van der Waals surface area contributed by atoms with Gasteiger partial charge in [0.1, 0.15) is 0 Å². The van der Waals surface area contributed by atoms with Crippen molar-refractivity contribution in [3.63, 3.8) is 0 Å². The minimum Gasteiger partial charge on any atom is -0.341 e. The third-order valence-corrected chi connectivity index (χ3v) is 7.56. The highest BCUT2D eigenvalue weighted by Crippen LogP contribution is 2.42. The van der Waals surface area contributed by atoms with Gasteiger partial charge in [-0.2, -0.15) is 5.53 Å². The molecule has 8 heteroatoms. The number of hydrogen-bond acceptors (Lipinski definition) is 5. The largest absolute Gasteiger partial charge is 0.341 e. The average Bonchev–Trinajstić information content (AvgIpc) is 3.23. The molecule has 1 saturated carbocycles. The van der Waals surface area contributed by atoms with E-state index in [4.69, 9.17) is 11.6 Å². The maximum atomic E-state index is 13.0. The van der Waals surface area contributed by atoms with E-state index in [1.165, 1.54) is 0 Å². The van der Waals surface area contributed by atoms with E-state index in [0.29, 0.717) is 36.1 Å². The Morgan fingerprint density at radius 2 is 1.84 bits per heavy atom. The molecular formula is C23H28ClN5O2. The van der Waals surface area contributed by atoms with Crippen LogP contribution in [-0.4, -0.2) is 59.9 Å². The number of fused-ring (bicyclic) bond motifs is 1. The fourth-order valence-electron chi connectivity index (χ4n) is 5.40. The molecule has 7 nitrogen and oxygen atoms in total. The van der Waals surface area contributed by atoms with Gasteiger partial charge in [0.25, 0.3) is 5.91 Å². The van der Waals surface area contributed by atoms with E-state index in [1.54, 1.807) is 12.1 Å². The van der Waals surface area contributed by atoms with E-state index in [9.17, 15) is 9.59 Å². The summed E-state index contributed by atoms with van der Waals surface area (Å²) in [6, 6.07) is 7.98. The van der Waals surface area contributed by atoms with Crippen LogP contribution >= 0.6 is 11.6 Å². The Balaban J connectivity index is 1.10. The van der Waals surface area contributed by atoms with Gasteiger partial charge in [-0.15, -0.1) is 0 Å². The minimum absolute atomic E-state index is 0.122. The van der Waals surface area contributed by atoms with Gasteiger partial charge < -0.3 is 9.80 Å². The Morgan fingerprint density at radius 1 is 1.06 bits per heavy atom. The van der Waals surface area contributed by atoms with Crippen LogP contribution in [0.2, 0.25) is 5.02 Å². The zero-order valence-corrected chi connectivity index (χ0v) is 18.3. The molecule has 3 aliphatic heterocycles. The molecule has 1 aliphatic carbocycles. The molecule has 2 amide bonds. The van der Waals surface area contributed by atoms with Crippen LogP contribution in [0.1, 0.15) is 37.7 Å². The molecule has 31 heavy (non-hydrogen) atoms. The van der Waals surface area contributed by atoms with Crippen LogP contribution in [0.25, 0.3) is 0 Å². The summed E-state index contributed by atoms with van der Waals surface area (Å²) in [6.45, 7) is 3.08. The van der Waals surface area contributed by atoms with Crippen molar-refractivity contribution < 1.29 is 9.59 Å². The molecule has 164 valence electrons. The third-order valence-electron chi connectivity index (χ3n) is 7.33. The summed E-state index contributed by atoms with van der Waals surface area (Å²) in [4.78, 5) is 29.3. The Bertz CT molecular complexity index is 925. The molecule has 4 aliphatic rings. The number of amides is 2. The topological polar surface area (TPSA) is 76.7 Å². The summed E-state index contributed by atoms with van der Waals surface area (Å²) < 4.78 is 0. The number of halogens is 1. The zero-order chi connectivity index (χ0) is 21.4. The fourth-order valence-corrected chi connectivity index (χ4v) is 5.59. The van der Waals surface area contributed by atoms with E-state index in [2.05, 4.69) is 28.2 Å². The molecule has 3 heterocycles. The van der Waals surface area contributed by atoms with Crippen LogP contribution in [0.5, 0.6) is 0 Å². The first kappa shape index (κ1) is 20.8. The van der Waals surface area contributed by atoms with Crippen molar-refractivity contribution in [2.75, 3.05) is 26.2 Å². The summed E-state index contributed by atoms with van der Waals surface area (Å²) in [7, 11) is 0. The number of nitrogens with zero attached hydrogens (tertiary/aromatic N) is 2. The quantitative estimate of drug-likeness (QED) is 0.572. The number of hydrogen-bond donors (Lipinski definition) is 3. The first-order valence-electron chi connectivity index (χ1n) is 11.1. The number of nitrogens with one attached hydrogen (secondary N) is 3. The molecular weight excluding hydrogens is 414 g/mol. The van der Waals surface area contributed by atoms with Gasteiger partial charge in [0.2, 0.25) is 5.91 Å². The zero-order valence-electron chi connectivity index (χ0n) is 17.5. The predicted octanol–water partition coefficient (Wildman–Crippen LogP) is 1.29. The average molecular weight is 442 g/mol. The number of rotatable bonds is 1. The number of carbonyl (C=O) groups is 2. The van der Waals surface area contributed by atoms with Crippen LogP contribution in [0.15, 0.2) is 24.3 Å². The molecule has 1 spiro atoms. The third kappa shape index (κ3) is 4.31. The van der Waals surface area contributed by atoms with Gasteiger partial charge in [-0.1, -0.05) is 23.6 Å². The maximum absolute atomic E-state index is 13.0. The van der Waals surface area contributed by atoms with E-state index in [-0.39, 0.29) is 17.2 Å². The lowest BCUT2D eigenvalue weighted by molar-refractivity contribution is -0.154. The summed E-state index contributed by atoms with van der Waals surface area (Å²) in [5, 5.41) is 0.615. The molecule has 3 N–H and O–H groups in total. The van der Waals surface area contributed by atoms with Gasteiger partial charge in [0.05, 0.1) is 0 Å². The summed E-state index contributed by atoms with van der Waals surface area (Å²) in [5.41, 5.74) is 10.4. The van der Waals surface area contributed by atoms with Gasteiger partial charge in [-0.25, -0.2) is 10.9 Å². The highest BCUT2D eigenvalue weighted by atomic mass is 35.5. The van der Waals surface area contributed by atoms with Gasteiger partial charge >= 0.3 is 0 Å². The number of benzene rings is 1. The summed E-state index contributed by atoms with van der Waals surface area (Å²) >= 11 is 5.97. The van der Waals surface area contributed by atoms with Crippen LogP contribution in [0, 0.1) is 23.2 Å². The molecule has 5 rings (SSSR count). The van der Waals surface area contributed by atoms with E-state index < -0.39 is 0 Å². The highest BCUT2D eigenvalue weighted by Gasteiger charge is 2.49. The van der Waals surface area contributed by atoms with Crippen LogP contribution in [0.3, 0.4) is 0 Å². The Labute approximate surface area is 187 Å². The SMILES string of the molecule is O=C(C#Cc1cccc(Cl)c1)N1CCC2(CC1)CN(C(=O)C1CCC3NNNC3C1)C2. The van der Waals surface area contributed by atoms with Crippen molar-refractivity contribution in [1.82, 2.24) is 26.2 Å². The fraction of sp³-hybridized carbons (Fsp3) is 0.565. The van der Waals surface area contributed by atoms with E-state index in [1.807, 2.05) is 21.9 Å². The predicted molar refractivity (Wildman–Crippen MR) is 117 cm³/mol. The number of hydrazine groups is 2. The van der Waals surface area contributed by atoms with E-state index in [0.717, 1.165) is 50.8 Å². The van der Waals surface area contributed by atoms with Crippen molar-refractivity contribution in [2.45, 2.75) is 44.2 Å². The molecule has 0 aromatic heterocycles. The molecule has 3 saturated heterocycles. The first-order valence-corrected chi connectivity index (χ1v) is 11.5. The molecule has 3 unspecified atom stereocenters. The van der Waals surface area contributed by atoms with Crippen LogP contribution in [-0.2, 0) is 9.59 Å². The van der Waals surface area contributed by atoms with Gasteiger partial charge in [-0.3, -0.25) is 9.59 Å². The lowest BCUT2D eigenvalue weighted by atomic mass is 9.71. The monoisotopic (exact) mass is 441 g/mol. The molecule has 1 aromatic carbocycles. The summed E-state index contributed by atoms with van der Waals surface area (Å²) in [6.07, 6.45) is 4.74. The van der Waals surface area contributed by atoms with E-state index >= 15 is 0 Å². The van der Waals surface area contributed by atoms with Crippen molar-refractivity contribution in [1.29, 1.82) is 0 Å². The van der Waals surface area contributed by atoms with Gasteiger partial charge in [0.15, 0.2) is 0 Å². The second-order valence-electron chi connectivity index (χ2n) is 9.38. The normalized spacial score (nSPS) is 29.0. The maximum Gasteiger partial charge on any atom is 0.298 e. The molecule has 0 bridgehead atoms. The number of piperidine rings is 1. The Hall–Kier alpha value is -2.11. The van der Waals surface area contributed by atoms with Crippen LogP contribution in [0.4, 0.5) is 0 Å². The smallest absolute Gasteiger partial charge is 0.298 e. The summed E-state index contributed by atoms with van der Waals surface area (Å²) in [5.74, 6) is 5.95. The van der Waals surface area contributed by atoms with Crippen molar-refractivity contribution >= 4 is 23.4 Å². The molecule has 4 fully saturated rings. The second-order valence-corrected chi connectivity index (χ2v) is 9.82. The first-order chi connectivity index (χ1) is 15.0. The van der Waals surface area contributed by atoms with Crippen molar-refractivity contribution in [3.8, 4) is 11.8 Å². The Kier molecular flexibility index (Phi) is 5.65. The highest BCUT2D eigenvalue weighted by molar-refractivity contribution is 6.30. The molecule has 3 atom stereocenters. The lowest BCUT2D eigenvalue weighted by Gasteiger charge is -2.54.